The number of nitrogens with two attached hydrogens (primary N) is 1. The molecule has 1 aromatic heterocycles. The van der Waals surface area contributed by atoms with Gasteiger partial charge in [-0.25, -0.2) is 4.98 Å². The number of hydrogen-bond acceptors (Lipinski definition) is 4. The van der Waals surface area contributed by atoms with Gasteiger partial charge in [0.1, 0.15) is 11.7 Å². The van der Waals surface area contributed by atoms with Gasteiger partial charge in [0, 0.05) is 37.1 Å². The quantitative estimate of drug-likeness (QED) is 0.664. The summed E-state index contributed by atoms with van der Waals surface area (Å²) in [4.78, 5) is 9.46. The fourth-order valence-electron chi connectivity index (χ4n) is 2.84. The SMILES string of the molecule is CCN1CCN(c2cc(C(=N)N)c3ccccc3n2)CC1. The van der Waals surface area contributed by atoms with Crippen LogP contribution in [0, 0.1) is 5.41 Å². The van der Waals surface area contributed by atoms with Gasteiger partial charge in [0.05, 0.1) is 5.52 Å². The number of nitrogens with zero attached hydrogens (tertiary/aromatic N) is 3. The highest BCUT2D eigenvalue weighted by atomic mass is 15.3. The predicted molar refractivity (Wildman–Crippen MR) is 87.1 cm³/mol. The summed E-state index contributed by atoms with van der Waals surface area (Å²) in [7, 11) is 0. The molecule has 3 rings (SSSR count). The number of rotatable bonds is 3. The van der Waals surface area contributed by atoms with E-state index >= 15 is 0 Å². The average molecular weight is 283 g/mol. The van der Waals surface area contributed by atoms with Gasteiger partial charge in [0.25, 0.3) is 0 Å². The van der Waals surface area contributed by atoms with Crippen LogP contribution < -0.4 is 10.6 Å². The Morgan fingerprint density at radius 2 is 1.95 bits per heavy atom. The molecule has 0 saturated carbocycles. The topological polar surface area (TPSA) is 69.2 Å². The molecule has 1 aliphatic heterocycles. The van der Waals surface area contributed by atoms with Crippen molar-refractivity contribution in [3.8, 4) is 0 Å². The summed E-state index contributed by atoms with van der Waals surface area (Å²) >= 11 is 0. The minimum atomic E-state index is 0.0991. The predicted octanol–water partition coefficient (Wildman–Crippen LogP) is 1.66. The van der Waals surface area contributed by atoms with E-state index in [9.17, 15) is 0 Å². The van der Waals surface area contributed by atoms with Crippen molar-refractivity contribution in [3.05, 3.63) is 35.9 Å². The normalized spacial score (nSPS) is 16.3. The summed E-state index contributed by atoms with van der Waals surface area (Å²) in [5.74, 6) is 1.02. The Hall–Kier alpha value is -2.14. The van der Waals surface area contributed by atoms with Gasteiger partial charge in [0.2, 0.25) is 0 Å². The number of fused-ring (bicyclic) bond motifs is 1. The number of hydrogen-bond donors (Lipinski definition) is 2. The van der Waals surface area contributed by atoms with Crippen LogP contribution in [-0.2, 0) is 0 Å². The molecule has 2 aromatic rings. The number of nitrogens with one attached hydrogen (secondary N) is 1. The van der Waals surface area contributed by atoms with E-state index in [0.29, 0.717) is 0 Å². The van der Waals surface area contributed by atoms with E-state index < -0.39 is 0 Å². The number of para-hydroxylation sites is 1. The molecule has 0 bridgehead atoms. The summed E-state index contributed by atoms with van der Waals surface area (Å²) in [6.07, 6.45) is 0. The van der Waals surface area contributed by atoms with Gasteiger partial charge in [-0.2, -0.15) is 0 Å². The highest BCUT2D eigenvalue weighted by molar-refractivity contribution is 6.07. The molecule has 1 saturated heterocycles. The molecule has 1 fully saturated rings. The van der Waals surface area contributed by atoms with Crippen LogP contribution in [-0.4, -0.2) is 48.4 Å². The summed E-state index contributed by atoms with van der Waals surface area (Å²) in [6.45, 7) is 7.34. The maximum Gasteiger partial charge on any atom is 0.130 e. The first-order chi connectivity index (χ1) is 10.2. The van der Waals surface area contributed by atoms with E-state index in [1.165, 1.54) is 0 Å². The van der Waals surface area contributed by atoms with E-state index in [2.05, 4.69) is 16.7 Å². The number of likely N-dealkylation sites (N-methyl/N-ethyl adjacent to an activating group) is 1. The first kappa shape index (κ1) is 13.8. The zero-order valence-electron chi connectivity index (χ0n) is 12.3. The Bertz CT molecular complexity index is 659. The number of nitrogen functional groups attached to an aromatic ring is 1. The maximum atomic E-state index is 7.81. The zero-order chi connectivity index (χ0) is 14.8. The van der Waals surface area contributed by atoms with Gasteiger partial charge < -0.3 is 15.5 Å². The van der Waals surface area contributed by atoms with Crippen LogP contribution in [0.5, 0.6) is 0 Å². The monoisotopic (exact) mass is 283 g/mol. The molecule has 3 N–H and O–H groups in total. The van der Waals surface area contributed by atoms with Gasteiger partial charge >= 0.3 is 0 Å². The standard InChI is InChI=1S/C16H21N5/c1-2-20-7-9-21(10-8-20)15-11-13(16(17)18)12-5-3-4-6-14(12)19-15/h3-6,11H,2,7-10H2,1H3,(H3,17,18). The minimum absolute atomic E-state index is 0.0991. The number of pyridine rings is 1. The minimum Gasteiger partial charge on any atom is -0.384 e. The first-order valence-corrected chi connectivity index (χ1v) is 7.40. The Morgan fingerprint density at radius 1 is 1.24 bits per heavy atom. The molecule has 0 unspecified atom stereocenters. The van der Waals surface area contributed by atoms with Crippen molar-refractivity contribution in [2.75, 3.05) is 37.6 Å². The lowest BCUT2D eigenvalue weighted by Crippen LogP contribution is -2.46. The van der Waals surface area contributed by atoms with E-state index in [1.54, 1.807) is 0 Å². The maximum absolute atomic E-state index is 7.81. The van der Waals surface area contributed by atoms with E-state index in [1.807, 2.05) is 30.3 Å². The van der Waals surface area contributed by atoms with Crippen molar-refractivity contribution < 1.29 is 0 Å². The molecule has 110 valence electrons. The lowest BCUT2D eigenvalue weighted by molar-refractivity contribution is 0.270. The number of anilines is 1. The molecule has 0 amide bonds. The van der Waals surface area contributed by atoms with Gasteiger partial charge in [-0.05, 0) is 18.7 Å². The van der Waals surface area contributed by atoms with Crippen molar-refractivity contribution >= 4 is 22.6 Å². The number of amidine groups is 1. The largest absolute Gasteiger partial charge is 0.384 e. The van der Waals surface area contributed by atoms with Gasteiger partial charge in [-0.3, -0.25) is 5.41 Å². The first-order valence-electron chi connectivity index (χ1n) is 7.40. The second-order valence-electron chi connectivity index (χ2n) is 5.38. The van der Waals surface area contributed by atoms with Gasteiger partial charge in [0.15, 0.2) is 0 Å². The van der Waals surface area contributed by atoms with Crippen LogP contribution in [0.2, 0.25) is 0 Å². The lowest BCUT2D eigenvalue weighted by atomic mass is 10.1. The van der Waals surface area contributed by atoms with Crippen LogP contribution in [0.3, 0.4) is 0 Å². The molecule has 1 aromatic carbocycles. The molecule has 0 radical (unpaired) electrons. The van der Waals surface area contributed by atoms with Crippen LogP contribution in [0.1, 0.15) is 12.5 Å². The van der Waals surface area contributed by atoms with Crippen LogP contribution in [0.15, 0.2) is 30.3 Å². The summed E-state index contributed by atoms with van der Waals surface area (Å²) < 4.78 is 0. The van der Waals surface area contributed by atoms with E-state index in [4.69, 9.17) is 16.1 Å². The summed E-state index contributed by atoms with van der Waals surface area (Å²) in [5.41, 5.74) is 7.42. The third kappa shape index (κ3) is 2.69. The smallest absolute Gasteiger partial charge is 0.130 e. The molecular formula is C16H21N5. The summed E-state index contributed by atoms with van der Waals surface area (Å²) in [5, 5.41) is 8.76. The van der Waals surface area contributed by atoms with E-state index in [0.717, 1.165) is 55.0 Å². The molecule has 1 aliphatic rings. The van der Waals surface area contributed by atoms with Crippen molar-refractivity contribution in [2.24, 2.45) is 5.73 Å². The lowest BCUT2D eigenvalue weighted by Gasteiger charge is -2.35. The van der Waals surface area contributed by atoms with Gasteiger partial charge in [-0.1, -0.05) is 25.1 Å². The van der Waals surface area contributed by atoms with Crippen LogP contribution >= 0.6 is 0 Å². The van der Waals surface area contributed by atoms with Crippen molar-refractivity contribution in [3.63, 3.8) is 0 Å². The Morgan fingerprint density at radius 3 is 2.62 bits per heavy atom. The second kappa shape index (κ2) is 5.69. The van der Waals surface area contributed by atoms with Gasteiger partial charge in [-0.15, -0.1) is 0 Å². The summed E-state index contributed by atoms with van der Waals surface area (Å²) in [6, 6.07) is 9.83. The zero-order valence-corrected chi connectivity index (χ0v) is 12.3. The fraction of sp³-hybridized carbons (Fsp3) is 0.375. The van der Waals surface area contributed by atoms with Crippen LogP contribution in [0.4, 0.5) is 5.82 Å². The highest BCUT2D eigenvalue weighted by Gasteiger charge is 2.18. The molecule has 21 heavy (non-hydrogen) atoms. The Labute approximate surface area is 124 Å². The Balaban J connectivity index is 1.98. The molecule has 5 nitrogen and oxygen atoms in total. The Kier molecular flexibility index (Phi) is 3.75. The number of benzene rings is 1. The second-order valence-corrected chi connectivity index (χ2v) is 5.38. The molecule has 2 heterocycles. The highest BCUT2D eigenvalue weighted by Crippen LogP contribution is 2.23. The molecule has 0 aliphatic carbocycles. The van der Waals surface area contributed by atoms with Crippen LogP contribution in [0.25, 0.3) is 10.9 Å². The average Bonchev–Trinajstić information content (AvgIpc) is 2.53. The third-order valence-corrected chi connectivity index (χ3v) is 4.14. The molecule has 5 heteroatoms. The van der Waals surface area contributed by atoms with Crippen molar-refractivity contribution in [1.82, 2.24) is 9.88 Å². The molecule has 0 spiro atoms. The van der Waals surface area contributed by atoms with Crippen molar-refractivity contribution in [2.45, 2.75) is 6.92 Å². The fourth-order valence-corrected chi connectivity index (χ4v) is 2.84. The number of piperazine rings is 1. The van der Waals surface area contributed by atoms with Crippen molar-refractivity contribution in [1.29, 1.82) is 5.41 Å². The van der Waals surface area contributed by atoms with E-state index in [-0.39, 0.29) is 5.84 Å². The number of aromatic nitrogens is 1. The third-order valence-electron chi connectivity index (χ3n) is 4.14. The molecular weight excluding hydrogens is 262 g/mol. The molecule has 0 atom stereocenters.